The number of ether oxygens (including phenoxy) is 1. The van der Waals surface area contributed by atoms with Crippen LogP contribution in [-0.4, -0.2) is 44.8 Å². The van der Waals surface area contributed by atoms with E-state index in [1.54, 1.807) is 6.92 Å². The van der Waals surface area contributed by atoms with E-state index in [0.717, 1.165) is 52.3 Å². The van der Waals surface area contributed by atoms with Crippen molar-refractivity contribution in [2.24, 2.45) is 0 Å². The second kappa shape index (κ2) is 11.7. The van der Waals surface area contributed by atoms with Crippen molar-refractivity contribution in [3.8, 4) is 0 Å². The first kappa shape index (κ1) is 25.1. The number of aliphatic hydroxyl groups excluding tert-OH is 1. The number of aliphatic hydroxyl groups is 1. The van der Waals surface area contributed by atoms with Gasteiger partial charge in [-0.05, 0) is 55.9 Å². The Balaban J connectivity index is 1.37. The molecule has 9 heteroatoms. The minimum atomic E-state index is -0.232. The molecular weight excluding hydrogens is 486 g/mol. The quantitative estimate of drug-likeness (QED) is 0.259. The van der Waals surface area contributed by atoms with E-state index < -0.39 is 0 Å². The van der Waals surface area contributed by atoms with Gasteiger partial charge >= 0.3 is 5.97 Å². The van der Waals surface area contributed by atoms with Crippen molar-refractivity contribution in [1.82, 2.24) is 15.0 Å². The van der Waals surface area contributed by atoms with Crippen LogP contribution in [0, 0.1) is 0 Å². The summed E-state index contributed by atoms with van der Waals surface area (Å²) in [5.41, 5.74) is 3.84. The van der Waals surface area contributed by atoms with Gasteiger partial charge in [0.05, 0.1) is 35.0 Å². The maximum absolute atomic E-state index is 11.9. The Bertz CT molecular complexity index is 1350. The number of esters is 1. The van der Waals surface area contributed by atoms with Crippen LogP contribution < -0.4 is 10.6 Å². The van der Waals surface area contributed by atoms with Crippen molar-refractivity contribution < 1.29 is 14.6 Å². The summed E-state index contributed by atoms with van der Waals surface area (Å²) in [7, 11) is 0. The molecule has 8 nitrogen and oxygen atoms in total. The highest BCUT2D eigenvalue weighted by molar-refractivity contribution is 7.22. The van der Waals surface area contributed by atoms with Crippen molar-refractivity contribution >= 4 is 44.4 Å². The molecule has 1 aliphatic carbocycles. The van der Waals surface area contributed by atoms with E-state index in [2.05, 4.69) is 22.8 Å². The van der Waals surface area contributed by atoms with Crippen LogP contribution in [0.4, 0.5) is 16.9 Å². The molecule has 192 valence electrons. The van der Waals surface area contributed by atoms with Crippen LogP contribution in [0.5, 0.6) is 0 Å². The molecule has 0 unspecified atom stereocenters. The van der Waals surface area contributed by atoms with Gasteiger partial charge in [0.1, 0.15) is 5.82 Å². The zero-order valence-electron chi connectivity index (χ0n) is 20.8. The number of benzene rings is 2. The zero-order valence-corrected chi connectivity index (χ0v) is 21.6. The smallest absolute Gasteiger partial charge is 0.310 e. The Kier molecular flexibility index (Phi) is 7.91. The number of hydrogen-bond acceptors (Lipinski definition) is 9. The minimum Gasteiger partial charge on any atom is -0.466 e. The van der Waals surface area contributed by atoms with Crippen LogP contribution in [0.15, 0.2) is 54.6 Å². The van der Waals surface area contributed by atoms with Crippen LogP contribution in [0.2, 0.25) is 0 Å². The highest BCUT2D eigenvalue weighted by atomic mass is 32.1. The molecule has 0 radical (unpaired) electrons. The molecule has 0 aliphatic heterocycles. The Morgan fingerprint density at radius 3 is 2.62 bits per heavy atom. The largest absolute Gasteiger partial charge is 0.466 e. The first-order valence-electron chi connectivity index (χ1n) is 12.7. The zero-order chi connectivity index (χ0) is 25.6. The number of carbonyl (C=O) groups excluding carboxylic acids is 1. The normalized spacial score (nSPS) is 17.5. The van der Waals surface area contributed by atoms with Crippen LogP contribution in [0.3, 0.4) is 0 Å². The van der Waals surface area contributed by atoms with E-state index in [4.69, 9.17) is 19.7 Å². The number of anilines is 3. The summed E-state index contributed by atoms with van der Waals surface area (Å²) in [4.78, 5) is 26.1. The maximum Gasteiger partial charge on any atom is 0.310 e. The first-order chi connectivity index (χ1) is 18.0. The van der Waals surface area contributed by atoms with Crippen molar-refractivity contribution in [3.05, 3.63) is 71.4 Å². The summed E-state index contributed by atoms with van der Waals surface area (Å²) in [5.74, 6) is 1.02. The average Bonchev–Trinajstić information content (AvgIpc) is 3.27. The number of thiazole rings is 1. The highest BCUT2D eigenvalue weighted by Crippen LogP contribution is 2.30. The number of rotatable bonds is 9. The van der Waals surface area contributed by atoms with Gasteiger partial charge in [-0.2, -0.15) is 4.98 Å². The lowest BCUT2D eigenvalue weighted by Crippen LogP contribution is -2.29. The SMILES string of the molecule is CCOC(=O)Cc1ccc2nc(Nc3cc(Cc4ccccc4)nc(N[C@H]4CC[C@H](O)CC4)n3)sc2c1. The molecule has 4 aromatic rings. The fourth-order valence-electron chi connectivity index (χ4n) is 4.55. The van der Waals surface area contributed by atoms with Crippen molar-refractivity contribution in [1.29, 1.82) is 0 Å². The molecule has 0 amide bonds. The van der Waals surface area contributed by atoms with Gasteiger partial charge in [0.15, 0.2) is 5.13 Å². The number of nitrogens with one attached hydrogen (secondary N) is 2. The second-order valence-corrected chi connectivity index (χ2v) is 10.3. The van der Waals surface area contributed by atoms with Crippen molar-refractivity contribution in [2.75, 3.05) is 17.2 Å². The third-order valence-corrected chi connectivity index (χ3v) is 7.31. The first-order valence-corrected chi connectivity index (χ1v) is 13.5. The van der Waals surface area contributed by atoms with Gasteiger partial charge in [-0.15, -0.1) is 0 Å². The van der Waals surface area contributed by atoms with Crippen molar-refractivity contribution in [2.45, 2.75) is 57.6 Å². The lowest BCUT2D eigenvalue weighted by Gasteiger charge is -2.26. The predicted molar refractivity (Wildman–Crippen MR) is 146 cm³/mol. The molecule has 1 saturated carbocycles. The Hall–Kier alpha value is -3.56. The van der Waals surface area contributed by atoms with Gasteiger partial charge < -0.3 is 20.5 Å². The summed E-state index contributed by atoms with van der Waals surface area (Å²) in [6.07, 6.45) is 4.08. The molecule has 3 N–H and O–H groups in total. The summed E-state index contributed by atoms with van der Waals surface area (Å²) in [6, 6.07) is 18.3. The van der Waals surface area contributed by atoms with E-state index in [1.165, 1.54) is 16.9 Å². The molecule has 37 heavy (non-hydrogen) atoms. The Labute approximate surface area is 220 Å². The maximum atomic E-state index is 11.9. The van der Waals surface area contributed by atoms with Crippen LogP contribution in [0.25, 0.3) is 10.2 Å². The number of aromatic nitrogens is 3. The van der Waals surface area contributed by atoms with E-state index >= 15 is 0 Å². The number of nitrogens with zero attached hydrogens (tertiary/aromatic N) is 3. The van der Waals surface area contributed by atoms with Gasteiger partial charge in [0.2, 0.25) is 5.95 Å². The molecule has 0 spiro atoms. The Morgan fingerprint density at radius 1 is 1.03 bits per heavy atom. The minimum absolute atomic E-state index is 0.211. The summed E-state index contributed by atoms with van der Waals surface area (Å²) in [5, 5.41) is 17.4. The average molecular weight is 518 g/mol. The number of hydrogen-bond donors (Lipinski definition) is 3. The Morgan fingerprint density at radius 2 is 1.84 bits per heavy atom. The van der Waals surface area contributed by atoms with Gasteiger partial charge in [-0.3, -0.25) is 4.79 Å². The molecule has 1 fully saturated rings. The van der Waals surface area contributed by atoms with Crippen LogP contribution >= 0.6 is 11.3 Å². The van der Waals surface area contributed by atoms with Gasteiger partial charge in [0, 0.05) is 18.5 Å². The second-order valence-electron chi connectivity index (χ2n) is 9.31. The predicted octanol–water partition coefficient (Wildman–Crippen LogP) is 5.24. The lowest BCUT2D eigenvalue weighted by atomic mass is 9.93. The topological polar surface area (TPSA) is 109 Å². The molecule has 1 aliphatic rings. The molecule has 2 heterocycles. The monoisotopic (exact) mass is 517 g/mol. The fourth-order valence-corrected chi connectivity index (χ4v) is 5.48. The molecular formula is C28H31N5O3S. The molecule has 0 atom stereocenters. The van der Waals surface area contributed by atoms with Crippen LogP contribution in [0.1, 0.15) is 49.4 Å². The van der Waals surface area contributed by atoms with E-state index in [0.29, 0.717) is 24.8 Å². The summed E-state index contributed by atoms with van der Waals surface area (Å²) in [6.45, 7) is 2.18. The van der Waals surface area contributed by atoms with Gasteiger partial charge in [-0.25, -0.2) is 9.97 Å². The molecule has 0 saturated heterocycles. The van der Waals surface area contributed by atoms with Crippen LogP contribution in [-0.2, 0) is 22.4 Å². The lowest BCUT2D eigenvalue weighted by molar-refractivity contribution is -0.142. The van der Waals surface area contributed by atoms with Gasteiger partial charge in [0.25, 0.3) is 0 Å². The standard InChI is InChI=1S/C28H31N5O3S/c1-2-36-26(35)16-19-8-13-23-24(15-19)37-28(31-23)33-25-17-21(14-18-6-4-3-5-7-18)30-27(32-25)29-20-9-11-22(34)12-10-20/h3-8,13,15,17,20,22,34H,2,9-12,14,16H2,1H3,(H2,29,30,31,32,33)/t20-,22-. The van der Waals surface area contributed by atoms with Gasteiger partial charge in [-0.1, -0.05) is 47.7 Å². The fraction of sp³-hybridized carbons (Fsp3) is 0.357. The van der Waals surface area contributed by atoms with Crippen molar-refractivity contribution in [3.63, 3.8) is 0 Å². The third-order valence-electron chi connectivity index (χ3n) is 6.38. The molecule has 0 bridgehead atoms. The molecule has 2 aromatic heterocycles. The summed E-state index contributed by atoms with van der Waals surface area (Å²) >= 11 is 1.52. The van der Waals surface area contributed by atoms with E-state index in [1.807, 2.05) is 42.5 Å². The summed E-state index contributed by atoms with van der Waals surface area (Å²) < 4.78 is 6.06. The van der Waals surface area contributed by atoms with E-state index in [-0.39, 0.29) is 24.5 Å². The number of carbonyl (C=O) groups is 1. The highest BCUT2D eigenvalue weighted by Gasteiger charge is 2.20. The molecule has 2 aromatic carbocycles. The number of fused-ring (bicyclic) bond motifs is 1. The molecule has 5 rings (SSSR count). The third kappa shape index (κ3) is 6.81. The van der Waals surface area contributed by atoms with E-state index in [9.17, 15) is 9.90 Å².